The van der Waals surface area contributed by atoms with Crippen molar-refractivity contribution in [1.29, 1.82) is 0 Å². The van der Waals surface area contributed by atoms with Crippen LogP contribution in [0.4, 0.5) is 21.7 Å². The molecule has 0 aliphatic carbocycles. The molecule has 0 fully saturated rings. The van der Waals surface area contributed by atoms with E-state index in [9.17, 15) is 9.18 Å². The van der Waals surface area contributed by atoms with Crippen LogP contribution in [-0.4, -0.2) is 15.9 Å². The van der Waals surface area contributed by atoms with Gasteiger partial charge in [0, 0.05) is 17.6 Å². The van der Waals surface area contributed by atoms with Gasteiger partial charge in [-0.15, -0.1) is 0 Å². The summed E-state index contributed by atoms with van der Waals surface area (Å²) in [4.78, 5) is 20.7. The number of hydrogen-bond donors (Lipinski definition) is 2. The lowest BCUT2D eigenvalue weighted by molar-refractivity contribution is 0.102. The number of amides is 1. The van der Waals surface area contributed by atoms with Crippen LogP contribution in [0.2, 0.25) is 0 Å². The normalized spacial score (nSPS) is 10.4. The third kappa shape index (κ3) is 3.98. The highest BCUT2D eigenvalue weighted by Gasteiger charge is 2.10. The number of halogens is 1. The van der Waals surface area contributed by atoms with Gasteiger partial charge in [0.2, 0.25) is 5.95 Å². The van der Waals surface area contributed by atoms with Crippen molar-refractivity contribution in [3.63, 3.8) is 0 Å². The number of aryl methyl sites for hydroxylation is 1. The van der Waals surface area contributed by atoms with Gasteiger partial charge in [-0.2, -0.15) is 0 Å². The standard InChI is InChI=1S/C19H17FN4O/c1-12-4-3-5-16(13(12)2)23-19-21-11-10-17(24-19)18(25)22-15-8-6-14(20)7-9-15/h3-11H,1-2H3,(H,22,25)(H,21,23,24). The molecule has 0 spiro atoms. The Morgan fingerprint density at radius 1 is 1.04 bits per heavy atom. The number of carbonyl (C=O) groups excluding carboxylic acids is 1. The molecular formula is C19H17FN4O. The summed E-state index contributed by atoms with van der Waals surface area (Å²) in [5.41, 5.74) is 3.83. The Labute approximate surface area is 145 Å². The van der Waals surface area contributed by atoms with Crippen LogP contribution in [0, 0.1) is 19.7 Å². The number of benzene rings is 2. The second-order valence-electron chi connectivity index (χ2n) is 5.60. The van der Waals surface area contributed by atoms with Crippen LogP contribution >= 0.6 is 0 Å². The Morgan fingerprint density at radius 2 is 1.80 bits per heavy atom. The van der Waals surface area contributed by atoms with Gasteiger partial charge in [-0.1, -0.05) is 12.1 Å². The number of anilines is 3. The molecule has 1 heterocycles. The van der Waals surface area contributed by atoms with Gasteiger partial charge in [-0.05, 0) is 61.4 Å². The van der Waals surface area contributed by atoms with Gasteiger partial charge in [-0.3, -0.25) is 4.79 Å². The van der Waals surface area contributed by atoms with Gasteiger partial charge in [0.15, 0.2) is 0 Å². The fraction of sp³-hybridized carbons (Fsp3) is 0.105. The van der Waals surface area contributed by atoms with E-state index in [0.29, 0.717) is 11.6 Å². The van der Waals surface area contributed by atoms with Crippen LogP contribution in [0.5, 0.6) is 0 Å². The molecule has 0 saturated heterocycles. The zero-order valence-corrected chi connectivity index (χ0v) is 13.9. The fourth-order valence-corrected chi connectivity index (χ4v) is 2.28. The van der Waals surface area contributed by atoms with Crippen LogP contribution in [0.1, 0.15) is 21.6 Å². The molecule has 2 aromatic carbocycles. The molecule has 0 bridgehead atoms. The van der Waals surface area contributed by atoms with E-state index in [4.69, 9.17) is 0 Å². The van der Waals surface area contributed by atoms with Crippen molar-refractivity contribution in [3.8, 4) is 0 Å². The number of carbonyl (C=O) groups is 1. The van der Waals surface area contributed by atoms with E-state index in [-0.39, 0.29) is 11.5 Å². The highest BCUT2D eigenvalue weighted by Crippen LogP contribution is 2.21. The predicted molar refractivity (Wildman–Crippen MR) is 95.6 cm³/mol. The van der Waals surface area contributed by atoms with Crippen LogP contribution in [0.25, 0.3) is 0 Å². The molecule has 1 aromatic heterocycles. The van der Waals surface area contributed by atoms with Crippen molar-refractivity contribution >= 4 is 23.2 Å². The van der Waals surface area contributed by atoms with Gasteiger partial charge in [-0.25, -0.2) is 14.4 Å². The minimum atomic E-state index is -0.391. The fourth-order valence-electron chi connectivity index (χ4n) is 2.28. The summed E-state index contributed by atoms with van der Waals surface area (Å²) in [6, 6.07) is 13.0. The van der Waals surface area contributed by atoms with Crippen molar-refractivity contribution < 1.29 is 9.18 Å². The number of nitrogens with zero attached hydrogens (tertiary/aromatic N) is 2. The van der Waals surface area contributed by atoms with Crippen molar-refractivity contribution in [2.24, 2.45) is 0 Å². The minimum Gasteiger partial charge on any atom is -0.324 e. The van der Waals surface area contributed by atoms with Crippen molar-refractivity contribution in [2.75, 3.05) is 10.6 Å². The maximum atomic E-state index is 12.9. The first kappa shape index (κ1) is 16.6. The summed E-state index contributed by atoms with van der Waals surface area (Å²) in [6.07, 6.45) is 1.51. The Bertz CT molecular complexity index is 910. The largest absolute Gasteiger partial charge is 0.324 e. The SMILES string of the molecule is Cc1cccc(Nc2nccc(C(=O)Nc3ccc(F)cc3)n2)c1C. The molecule has 0 aliphatic heterocycles. The Morgan fingerprint density at radius 3 is 2.56 bits per heavy atom. The summed E-state index contributed by atoms with van der Waals surface area (Å²) >= 11 is 0. The molecule has 25 heavy (non-hydrogen) atoms. The van der Waals surface area contributed by atoms with Gasteiger partial charge >= 0.3 is 0 Å². The van der Waals surface area contributed by atoms with Gasteiger partial charge < -0.3 is 10.6 Å². The number of nitrogens with one attached hydrogen (secondary N) is 2. The maximum absolute atomic E-state index is 12.9. The van der Waals surface area contributed by atoms with Gasteiger partial charge in [0.05, 0.1) is 0 Å². The molecule has 0 radical (unpaired) electrons. The maximum Gasteiger partial charge on any atom is 0.274 e. The van der Waals surface area contributed by atoms with E-state index in [1.807, 2.05) is 32.0 Å². The highest BCUT2D eigenvalue weighted by atomic mass is 19.1. The second kappa shape index (κ2) is 7.09. The molecule has 126 valence electrons. The first-order valence-electron chi connectivity index (χ1n) is 7.76. The van der Waals surface area contributed by atoms with Crippen molar-refractivity contribution in [3.05, 3.63) is 77.4 Å². The third-order valence-corrected chi connectivity index (χ3v) is 3.84. The first-order valence-corrected chi connectivity index (χ1v) is 7.76. The average Bonchev–Trinajstić information content (AvgIpc) is 2.61. The number of aromatic nitrogens is 2. The highest BCUT2D eigenvalue weighted by molar-refractivity contribution is 6.02. The molecular weight excluding hydrogens is 319 g/mol. The Balaban J connectivity index is 1.77. The smallest absolute Gasteiger partial charge is 0.274 e. The molecule has 6 heteroatoms. The summed E-state index contributed by atoms with van der Waals surface area (Å²) in [7, 11) is 0. The topological polar surface area (TPSA) is 66.9 Å². The summed E-state index contributed by atoms with van der Waals surface area (Å²) in [5.74, 6) is -0.418. The number of hydrogen-bond acceptors (Lipinski definition) is 4. The summed E-state index contributed by atoms with van der Waals surface area (Å²) in [5, 5.41) is 5.80. The molecule has 1 amide bonds. The van der Waals surface area contributed by atoms with E-state index < -0.39 is 5.91 Å². The van der Waals surface area contributed by atoms with Crippen molar-refractivity contribution in [1.82, 2.24) is 9.97 Å². The molecule has 0 unspecified atom stereocenters. The summed E-state index contributed by atoms with van der Waals surface area (Å²) in [6.45, 7) is 4.02. The molecule has 5 nitrogen and oxygen atoms in total. The zero-order chi connectivity index (χ0) is 17.8. The molecule has 0 atom stereocenters. The lowest BCUT2D eigenvalue weighted by Crippen LogP contribution is -2.14. The lowest BCUT2D eigenvalue weighted by atomic mass is 10.1. The third-order valence-electron chi connectivity index (χ3n) is 3.84. The monoisotopic (exact) mass is 336 g/mol. The molecule has 0 aliphatic rings. The van der Waals surface area contributed by atoms with Gasteiger partial charge in [0.1, 0.15) is 11.5 Å². The van der Waals surface area contributed by atoms with Crippen LogP contribution in [0.15, 0.2) is 54.7 Å². The van der Waals surface area contributed by atoms with E-state index in [1.54, 1.807) is 0 Å². The Hall–Kier alpha value is -3.28. The second-order valence-corrected chi connectivity index (χ2v) is 5.60. The minimum absolute atomic E-state index is 0.215. The predicted octanol–water partition coefficient (Wildman–Crippen LogP) is 4.23. The zero-order valence-electron chi connectivity index (χ0n) is 13.9. The van der Waals surface area contributed by atoms with E-state index >= 15 is 0 Å². The van der Waals surface area contributed by atoms with Crippen LogP contribution in [-0.2, 0) is 0 Å². The quantitative estimate of drug-likeness (QED) is 0.748. The Kier molecular flexibility index (Phi) is 4.70. The van der Waals surface area contributed by atoms with Crippen LogP contribution in [0.3, 0.4) is 0 Å². The number of rotatable bonds is 4. The summed E-state index contributed by atoms with van der Waals surface area (Å²) < 4.78 is 12.9. The van der Waals surface area contributed by atoms with E-state index in [1.165, 1.54) is 36.5 Å². The lowest BCUT2D eigenvalue weighted by Gasteiger charge is -2.11. The van der Waals surface area contributed by atoms with E-state index in [2.05, 4.69) is 20.6 Å². The molecule has 2 N–H and O–H groups in total. The molecule has 0 saturated carbocycles. The van der Waals surface area contributed by atoms with Crippen LogP contribution < -0.4 is 10.6 Å². The average molecular weight is 336 g/mol. The van der Waals surface area contributed by atoms with Crippen molar-refractivity contribution in [2.45, 2.75) is 13.8 Å². The van der Waals surface area contributed by atoms with Gasteiger partial charge in [0.25, 0.3) is 5.91 Å². The molecule has 3 aromatic rings. The first-order chi connectivity index (χ1) is 12.0. The van der Waals surface area contributed by atoms with E-state index in [0.717, 1.165) is 16.8 Å². The molecule has 3 rings (SSSR count).